The minimum atomic E-state index is -0.957. The van der Waals surface area contributed by atoms with Gasteiger partial charge in [-0.25, -0.2) is 19.7 Å². The fourth-order valence-electron chi connectivity index (χ4n) is 4.66. The number of rotatable bonds is 14. The predicted molar refractivity (Wildman–Crippen MR) is 145 cm³/mol. The molecule has 12 heteroatoms. The topological polar surface area (TPSA) is 150 Å². The molecule has 1 atom stereocenters. The Morgan fingerprint density at radius 3 is 2.89 bits per heavy atom. The first-order chi connectivity index (χ1) is 18.4. The standard InChI is InChI=1S/C26H37N9O3/c1-18(36)27-12-15-35(13-4-3-7-20-9-8-19-6-5-11-28-24(19)31-20)14-10-21(26(37)38)32-25-23-22(29-17-30-25)16-34(2)33-23/h8-9,16-17,21H,3-7,10-15H2,1-2H3,(H,27,36)(H,28,31)(H,37,38)(H,29,30,32). The van der Waals surface area contributed by atoms with Crippen LogP contribution in [0.25, 0.3) is 11.0 Å². The van der Waals surface area contributed by atoms with Crippen molar-refractivity contribution in [2.45, 2.75) is 51.5 Å². The summed E-state index contributed by atoms with van der Waals surface area (Å²) in [6.45, 7) is 4.98. The molecule has 0 saturated carbocycles. The number of aliphatic carboxylic acids is 1. The van der Waals surface area contributed by atoms with E-state index in [4.69, 9.17) is 4.98 Å². The number of nitrogens with zero attached hydrogens (tertiary/aromatic N) is 6. The Kier molecular flexibility index (Phi) is 9.41. The first-order valence-corrected chi connectivity index (χ1v) is 13.2. The summed E-state index contributed by atoms with van der Waals surface area (Å²) in [7, 11) is 1.78. The van der Waals surface area contributed by atoms with Crippen LogP contribution in [0, 0.1) is 0 Å². The summed E-state index contributed by atoms with van der Waals surface area (Å²) in [5, 5.41) is 23.5. The van der Waals surface area contributed by atoms with Crippen molar-refractivity contribution in [1.29, 1.82) is 0 Å². The largest absolute Gasteiger partial charge is 0.480 e. The summed E-state index contributed by atoms with van der Waals surface area (Å²) >= 11 is 0. The van der Waals surface area contributed by atoms with Gasteiger partial charge in [0.2, 0.25) is 5.91 Å². The van der Waals surface area contributed by atoms with E-state index in [0.717, 1.165) is 56.7 Å². The highest BCUT2D eigenvalue weighted by Crippen LogP contribution is 2.21. The minimum absolute atomic E-state index is 0.0785. The molecular formula is C26H37N9O3. The van der Waals surface area contributed by atoms with Crippen LogP contribution in [0.2, 0.25) is 0 Å². The van der Waals surface area contributed by atoms with Gasteiger partial charge in [0.25, 0.3) is 0 Å². The van der Waals surface area contributed by atoms with Crippen LogP contribution < -0.4 is 16.0 Å². The number of hydrogen-bond acceptors (Lipinski definition) is 9. The number of aromatic nitrogens is 5. The molecule has 3 aromatic rings. The lowest BCUT2D eigenvalue weighted by Gasteiger charge is -2.24. The smallest absolute Gasteiger partial charge is 0.326 e. The van der Waals surface area contributed by atoms with E-state index in [1.807, 2.05) is 0 Å². The maximum absolute atomic E-state index is 12.1. The third-order valence-electron chi connectivity index (χ3n) is 6.67. The molecule has 4 N–H and O–H groups in total. The molecule has 0 bridgehead atoms. The fraction of sp³-hybridized carbons (Fsp3) is 0.538. The Morgan fingerprint density at radius 2 is 2.08 bits per heavy atom. The van der Waals surface area contributed by atoms with E-state index in [2.05, 4.69) is 48.0 Å². The highest BCUT2D eigenvalue weighted by Gasteiger charge is 2.21. The van der Waals surface area contributed by atoms with Gasteiger partial charge in [0.05, 0.1) is 6.20 Å². The molecule has 0 saturated heterocycles. The number of hydrogen-bond donors (Lipinski definition) is 4. The van der Waals surface area contributed by atoms with E-state index in [1.165, 1.54) is 18.8 Å². The highest BCUT2D eigenvalue weighted by atomic mass is 16.4. The maximum Gasteiger partial charge on any atom is 0.326 e. The highest BCUT2D eigenvalue weighted by molar-refractivity contribution is 5.87. The fourth-order valence-corrected chi connectivity index (χ4v) is 4.66. The second kappa shape index (κ2) is 13.1. The molecule has 12 nitrogen and oxygen atoms in total. The van der Waals surface area contributed by atoms with Crippen molar-refractivity contribution < 1.29 is 14.7 Å². The summed E-state index contributed by atoms with van der Waals surface area (Å²) < 4.78 is 1.63. The monoisotopic (exact) mass is 523 g/mol. The summed E-state index contributed by atoms with van der Waals surface area (Å²) in [5.41, 5.74) is 3.56. The lowest BCUT2D eigenvalue weighted by atomic mass is 10.1. The van der Waals surface area contributed by atoms with E-state index in [1.54, 1.807) is 17.9 Å². The lowest BCUT2D eigenvalue weighted by molar-refractivity contribution is -0.138. The van der Waals surface area contributed by atoms with E-state index >= 15 is 0 Å². The van der Waals surface area contributed by atoms with Crippen LogP contribution >= 0.6 is 0 Å². The van der Waals surface area contributed by atoms with E-state index < -0.39 is 12.0 Å². The van der Waals surface area contributed by atoms with Crippen molar-refractivity contribution in [3.8, 4) is 0 Å². The van der Waals surface area contributed by atoms with Crippen molar-refractivity contribution in [1.82, 2.24) is 34.9 Å². The van der Waals surface area contributed by atoms with Gasteiger partial charge in [-0.15, -0.1) is 0 Å². The van der Waals surface area contributed by atoms with Crippen LogP contribution in [0.3, 0.4) is 0 Å². The Morgan fingerprint density at radius 1 is 1.21 bits per heavy atom. The van der Waals surface area contributed by atoms with E-state index in [-0.39, 0.29) is 5.91 Å². The molecular weight excluding hydrogens is 486 g/mol. The molecule has 3 aromatic heterocycles. The quantitative estimate of drug-likeness (QED) is 0.230. The molecule has 1 unspecified atom stereocenters. The van der Waals surface area contributed by atoms with Gasteiger partial charge >= 0.3 is 5.97 Å². The number of amides is 1. The van der Waals surface area contributed by atoms with Gasteiger partial charge < -0.3 is 26.0 Å². The van der Waals surface area contributed by atoms with Crippen LogP contribution in [0.4, 0.5) is 11.6 Å². The Hall–Kier alpha value is -3.80. The average Bonchev–Trinajstić information content (AvgIpc) is 3.29. The first kappa shape index (κ1) is 27.2. The van der Waals surface area contributed by atoms with Crippen LogP contribution in [-0.2, 0) is 29.5 Å². The van der Waals surface area contributed by atoms with Crippen LogP contribution in [-0.4, -0.2) is 85.4 Å². The number of nitrogens with one attached hydrogen (secondary N) is 3. The molecule has 1 amide bonds. The number of anilines is 2. The van der Waals surface area contributed by atoms with Crippen LogP contribution in [0.1, 0.15) is 43.9 Å². The van der Waals surface area contributed by atoms with Gasteiger partial charge in [-0.1, -0.05) is 6.07 Å². The summed E-state index contributed by atoms with van der Waals surface area (Å²) in [6.07, 6.45) is 8.56. The maximum atomic E-state index is 12.1. The zero-order valence-corrected chi connectivity index (χ0v) is 22.1. The lowest BCUT2D eigenvalue weighted by Crippen LogP contribution is -2.39. The number of carboxylic acids is 1. The van der Waals surface area contributed by atoms with Crippen molar-refractivity contribution in [2.24, 2.45) is 7.05 Å². The molecule has 1 aliphatic heterocycles. The zero-order valence-electron chi connectivity index (χ0n) is 22.1. The molecule has 1 aliphatic rings. The van der Waals surface area contributed by atoms with Gasteiger partial charge in [-0.05, 0) is 56.7 Å². The Labute approximate surface area is 222 Å². The number of pyridine rings is 1. The van der Waals surface area contributed by atoms with Crippen molar-refractivity contribution >= 4 is 34.5 Å². The van der Waals surface area contributed by atoms with Crippen molar-refractivity contribution in [2.75, 3.05) is 43.4 Å². The van der Waals surface area contributed by atoms with Crippen LogP contribution in [0.15, 0.2) is 24.7 Å². The first-order valence-electron chi connectivity index (χ1n) is 13.2. The van der Waals surface area contributed by atoms with Gasteiger partial charge in [0.15, 0.2) is 11.3 Å². The number of carbonyl (C=O) groups excluding carboxylic acids is 1. The van der Waals surface area contributed by atoms with Crippen molar-refractivity contribution in [3.05, 3.63) is 35.9 Å². The number of fused-ring (bicyclic) bond motifs is 2. The minimum Gasteiger partial charge on any atom is -0.480 e. The molecule has 0 aliphatic carbocycles. The number of aryl methyl sites for hydroxylation is 3. The van der Waals surface area contributed by atoms with Gasteiger partial charge in [0.1, 0.15) is 23.7 Å². The molecule has 0 spiro atoms. The molecule has 0 aromatic carbocycles. The van der Waals surface area contributed by atoms with E-state index in [0.29, 0.717) is 42.9 Å². The van der Waals surface area contributed by atoms with E-state index in [9.17, 15) is 14.7 Å². The zero-order chi connectivity index (χ0) is 26.9. The Bertz CT molecular complexity index is 1250. The summed E-state index contributed by atoms with van der Waals surface area (Å²) in [4.78, 5) is 38.8. The molecule has 0 radical (unpaired) electrons. The SMILES string of the molecule is CC(=O)NCCN(CCCCc1ccc2c(n1)NCCC2)CCC(Nc1ncnc2cn(C)nc12)C(=O)O. The Balaban J connectivity index is 1.31. The summed E-state index contributed by atoms with van der Waals surface area (Å²) in [5.74, 6) is 0.385. The number of carbonyl (C=O) groups is 2. The van der Waals surface area contributed by atoms with Crippen LogP contribution in [0.5, 0.6) is 0 Å². The normalized spacial score (nSPS) is 13.7. The third kappa shape index (κ3) is 7.60. The molecule has 0 fully saturated rings. The third-order valence-corrected chi connectivity index (χ3v) is 6.67. The molecule has 38 heavy (non-hydrogen) atoms. The number of unbranched alkanes of at least 4 members (excludes halogenated alkanes) is 1. The van der Waals surface area contributed by atoms with Crippen molar-refractivity contribution in [3.63, 3.8) is 0 Å². The summed E-state index contributed by atoms with van der Waals surface area (Å²) in [6, 6.07) is 3.46. The second-order valence-electron chi connectivity index (χ2n) is 9.71. The molecule has 204 valence electrons. The average molecular weight is 524 g/mol. The second-order valence-corrected chi connectivity index (χ2v) is 9.71. The van der Waals surface area contributed by atoms with Gasteiger partial charge in [0, 0.05) is 45.8 Å². The van der Waals surface area contributed by atoms with Gasteiger partial charge in [-0.3, -0.25) is 9.48 Å². The number of carboxylic acid groups (broad SMARTS) is 1. The molecule has 4 heterocycles. The molecule has 4 rings (SSSR count). The predicted octanol–water partition coefficient (Wildman–Crippen LogP) is 1.83. The van der Waals surface area contributed by atoms with Gasteiger partial charge in [-0.2, -0.15) is 5.10 Å².